The maximum Gasteiger partial charge on any atom is 0.295 e. The monoisotopic (exact) mass is 575 g/mol. The number of halogens is 1. The predicted molar refractivity (Wildman–Crippen MR) is 161 cm³/mol. The predicted octanol–water partition coefficient (Wildman–Crippen LogP) is 7.79. The molecule has 0 aliphatic carbocycles. The van der Waals surface area contributed by atoms with Crippen molar-refractivity contribution in [3.05, 3.63) is 91.8 Å². The molecule has 8 heteroatoms. The van der Waals surface area contributed by atoms with E-state index in [0.717, 1.165) is 30.4 Å². The molecule has 0 bridgehead atoms. The van der Waals surface area contributed by atoms with Gasteiger partial charge in [-0.25, -0.2) is 0 Å². The zero-order chi connectivity index (χ0) is 29.3. The molecule has 1 aromatic heterocycles. The van der Waals surface area contributed by atoms with E-state index < -0.39 is 11.9 Å². The molecule has 2 heterocycles. The number of carbonyl (C=O) groups is 1. The second-order valence-corrected chi connectivity index (χ2v) is 10.6. The van der Waals surface area contributed by atoms with E-state index in [1.54, 1.807) is 29.2 Å². The van der Waals surface area contributed by atoms with E-state index >= 15 is 0 Å². The van der Waals surface area contributed by atoms with Crippen molar-refractivity contribution >= 4 is 34.2 Å². The van der Waals surface area contributed by atoms with Crippen molar-refractivity contribution in [3.63, 3.8) is 0 Å². The smallest absolute Gasteiger partial charge is 0.295 e. The van der Waals surface area contributed by atoms with Crippen molar-refractivity contribution < 1.29 is 23.4 Å². The first kappa shape index (κ1) is 28.6. The fraction of sp³-hybridized carbons (Fsp3) is 0.333. The molecule has 4 aromatic rings. The fourth-order valence-electron chi connectivity index (χ4n) is 5.23. The Morgan fingerprint density at radius 3 is 2.37 bits per heavy atom. The van der Waals surface area contributed by atoms with Gasteiger partial charge in [-0.05, 0) is 86.3 Å². The average Bonchev–Trinajstić information content (AvgIpc) is 3.25. The molecule has 0 fully saturated rings. The normalized spacial score (nSPS) is 14.4. The van der Waals surface area contributed by atoms with E-state index in [4.69, 9.17) is 30.2 Å². The topological polar surface area (TPSA) is 78.2 Å². The van der Waals surface area contributed by atoms with Crippen LogP contribution in [0.2, 0.25) is 5.02 Å². The quantitative estimate of drug-likeness (QED) is 0.180. The zero-order valence-electron chi connectivity index (χ0n) is 24.0. The van der Waals surface area contributed by atoms with Gasteiger partial charge in [0.15, 0.2) is 16.9 Å². The average molecular weight is 576 g/mol. The van der Waals surface area contributed by atoms with Gasteiger partial charge in [-0.2, -0.15) is 0 Å². The zero-order valence-corrected chi connectivity index (χ0v) is 24.8. The van der Waals surface area contributed by atoms with Gasteiger partial charge in [-0.1, -0.05) is 37.4 Å². The summed E-state index contributed by atoms with van der Waals surface area (Å²) in [6, 6.07) is 13.5. The summed E-state index contributed by atoms with van der Waals surface area (Å²) in [4.78, 5) is 29.7. The number of anilines is 1. The van der Waals surface area contributed by atoms with Crippen LogP contribution < -0.4 is 24.5 Å². The Balaban J connectivity index is 1.70. The molecule has 0 saturated heterocycles. The highest BCUT2D eigenvalue weighted by Crippen LogP contribution is 2.44. The molecule has 5 rings (SSSR count). The number of aryl methyl sites for hydroxylation is 2. The summed E-state index contributed by atoms with van der Waals surface area (Å²) in [6.07, 6.45) is 3.11. The standard InChI is InChI=1S/C33H34ClNO6/c1-6-8-9-14-40-26-12-10-21(17-28(26)39-7-2)30-29-31(36)23-15-19(3)20(4)16-27(23)41-32(29)33(37)35(30)22-11-13-25(38-5)24(34)18-22/h10-13,15-18,30H,6-9,14H2,1-5H3. The van der Waals surface area contributed by atoms with Crippen molar-refractivity contribution in [2.45, 2.75) is 53.0 Å². The minimum absolute atomic E-state index is 0.0144. The number of ether oxygens (including phenoxy) is 3. The van der Waals surface area contributed by atoms with Crippen molar-refractivity contribution in [2.24, 2.45) is 0 Å². The molecule has 0 spiro atoms. The molecule has 7 nitrogen and oxygen atoms in total. The van der Waals surface area contributed by atoms with Gasteiger partial charge in [0.25, 0.3) is 5.91 Å². The minimum atomic E-state index is -0.780. The van der Waals surface area contributed by atoms with Crippen LogP contribution in [0.15, 0.2) is 57.7 Å². The molecule has 41 heavy (non-hydrogen) atoms. The van der Waals surface area contributed by atoms with Crippen LogP contribution in [0.1, 0.15) is 72.0 Å². The van der Waals surface area contributed by atoms with Crippen LogP contribution in [-0.2, 0) is 0 Å². The first-order chi connectivity index (χ1) is 19.8. The Labute approximate surface area is 244 Å². The fourth-order valence-corrected chi connectivity index (χ4v) is 5.48. The molecule has 1 atom stereocenters. The van der Waals surface area contributed by atoms with Crippen molar-refractivity contribution in [1.29, 1.82) is 0 Å². The molecule has 0 saturated carbocycles. The second-order valence-electron chi connectivity index (χ2n) is 10.2. The number of benzene rings is 3. The summed E-state index contributed by atoms with van der Waals surface area (Å²) in [5.41, 5.74) is 3.53. The van der Waals surface area contributed by atoms with Crippen molar-refractivity contribution in [1.82, 2.24) is 0 Å². The van der Waals surface area contributed by atoms with Gasteiger partial charge in [0, 0.05) is 5.69 Å². The number of unbranched alkanes of at least 4 members (excludes halogenated alkanes) is 2. The van der Waals surface area contributed by atoms with Crippen LogP contribution in [-0.4, -0.2) is 26.2 Å². The van der Waals surface area contributed by atoms with Crippen LogP contribution in [0.25, 0.3) is 11.0 Å². The lowest BCUT2D eigenvalue weighted by molar-refractivity contribution is 0.0971. The second kappa shape index (κ2) is 11.9. The number of rotatable bonds is 10. The lowest BCUT2D eigenvalue weighted by atomic mass is 9.97. The Bertz CT molecular complexity index is 1680. The Hall–Kier alpha value is -3.97. The molecule has 1 aliphatic heterocycles. The van der Waals surface area contributed by atoms with Gasteiger partial charge in [0.1, 0.15) is 11.3 Å². The summed E-state index contributed by atoms with van der Waals surface area (Å²) < 4.78 is 23.5. The summed E-state index contributed by atoms with van der Waals surface area (Å²) in [5, 5.41) is 0.772. The van der Waals surface area contributed by atoms with Gasteiger partial charge in [0.2, 0.25) is 5.76 Å². The molecular formula is C33H34ClNO6. The van der Waals surface area contributed by atoms with Gasteiger partial charge >= 0.3 is 0 Å². The maximum atomic E-state index is 14.1. The molecule has 0 N–H and O–H groups in total. The van der Waals surface area contributed by atoms with Gasteiger partial charge in [0.05, 0.1) is 42.3 Å². The number of methoxy groups -OCH3 is 1. The lowest BCUT2D eigenvalue weighted by Gasteiger charge is -2.26. The molecule has 1 unspecified atom stereocenters. The van der Waals surface area contributed by atoms with E-state index in [0.29, 0.717) is 57.7 Å². The van der Waals surface area contributed by atoms with Crippen LogP contribution in [0.3, 0.4) is 0 Å². The highest BCUT2D eigenvalue weighted by molar-refractivity contribution is 6.32. The number of hydrogen-bond acceptors (Lipinski definition) is 6. The minimum Gasteiger partial charge on any atom is -0.495 e. The molecule has 3 aromatic carbocycles. The lowest BCUT2D eigenvalue weighted by Crippen LogP contribution is -2.29. The summed E-state index contributed by atoms with van der Waals surface area (Å²) in [6.45, 7) is 8.94. The van der Waals surface area contributed by atoms with E-state index in [1.807, 2.05) is 45.0 Å². The van der Waals surface area contributed by atoms with Gasteiger partial charge in [-0.15, -0.1) is 0 Å². The van der Waals surface area contributed by atoms with Gasteiger partial charge < -0.3 is 18.6 Å². The number of nitrogens with zero attached hydrogens (tertiary/aromatic N) is 1. The van der Waals surface area contributed by atoms with Crippen LogP contribution in [0.4, 0.5) is 5.69 Å². The highest BCUT2D eigenvalue weighted by atomic mass is 35.5. The van der Waals surface area contributed by atoms with E-state index in [2.05, 4.69) is 6.92 Å². The Morgan fingerprint density at radius 1 is 0.902 bits per heavy atom. The van der Waals surface area contributed by atoms with Gasteiger partial charge in [-0.3, -0.25) is 14.5 Å². The van der Waals surface area contributed by atoms with E-state index in [1.165, 1.54) is 7.11 Å². The molecule has 214 valence electrons. The van der Waals surface area contributed by atoms with Crippen LogP contribution in [0, 0.1) is 13.8 Å². The maximum absolute atomic E-state index is 14.1. The van der Waals surface area contributed by atoms with E-state index in [-0.39, 0.29) is 16.8 Å². The molecular weight excluding hydrogens is 542 g/mol. The number of amides is 1. The molecule has 1 aliphatic rings. The summed E-state index contributed by atoms with van der Waals surface area (Å²) >= 11 is 6.49. The molecule has 1 amide bonds. The number of hydrogen-bond donors (Lipinski definition) is 0. The Kier molecular flexibility index (Phi) is 8.27. The SMILES string of the molecule is CCCCCOc1ccc(C2c3c(oc4cc(C)c(C)cc4c3=O)C(=O)N2c2ccc(OC)c(Cl)c2)cc1OCC. The number of carbonyl (C=O) groups excluding carboxylic acids is 1. The van der Waals surface area contributed by atoms with Crippen molar-refractivity contribution in [3.8, 4) is 17.2 Å². The summed E-state index contributed by atoms with van der Waals surface area (Å²) in [7, 11) is 1.53. The van der Waals surface area contributed by atoms with Crippen LogP contribution >= 0.6 is 11.6 Å². The largest absolute Gasteiger partial charge is 0.495 e. The first-order valence-electron chi connectivity index (χ1n) is 13.9. The molecule has 0 radical (unpaired) electrons. The first-order valence-corrected chi connectivity index (χ1v) is 14.3. The van der Waals surface area contributed by atoms with Crippen LogP contribution in [0.5, 0.6) is 17.2 Å². The third-order valence-corrected chi connectivity index (χ3v) is 7.78. The Morgan fingerprint density at radius 2 is 1.66 bits per heavy atom. The van der Waals surface area contributed by atoms with E-state index in [9.17, 15) is 9.59 Å². The third kappa shape index (κ3) is 5.26. The van der Waals surface area contributed by atoms with Crippen molar-refractivity contribution in [2.75, 3.05) is 25.2 Å². The third-order valence-electron chi connectivity index (χ3n) is 7.49. The number of fused-ring (bicyclic) bond motifs is 2. The highest BCUT2D eigenvalue weighted by Gasteiger charge is 2.44. The summed E-state index contributed by atoms with van der Waals surface area (Å²) in [5.74, 6) is 1.23.